The van der Waals surface area contributed by atoms with Crippen LogP contribution in [-0.4, -0.2) is 22.6 Å². The highest BCUT2D eigenvalue weighted by molar-refractivity contribution is 7.13. The Hall–Kier alpha value is -2.87. The maximum atomic E-state index is 14.5. The van der Waals surface area contributed by atoms with E-state index in [1.807, 2.05) is 17.9 Å². The molecule has 2 heterocycles. The Morgan fingerprint density at radius 2 is 2.00 bits per heavy atom. The molecule has 4 rings (SSSR count). The average molecular weight is 400 g/mol. The number of halogens is 2. The third-order valence-corrected chi connectivity index (χ3v) is 5.47. The maximum Gasteiger partial charge on any atom is 0.286 e. The molecule has 0 atom stereocenters. The van der Waals surface area contributed by atoms with Gasteiger partial charge in [0.05, 0.1) is 12.2 Å². The predicted octanol–water partition coefficient (Wildman–Crippen LogP) is 4.33. The molecule has 28 heavy (non-hydrogen) atoms. The normalized spacial score (nSPS) is 13.3. The van der Waals surface area contributed by atoms with Crippen LogP contribution in [-0.2, 0) is 13.0 Å². The Kier molecular flexibility index (Phi) is 5.04. The van der Waals surface area contributed by atoms with Crippen LogP contribution in [0.2, 0.25) is 0 Å². The number of nitrogens with one attached hydrogen (secondary N) is 1. The topological polar surface area (TPSA) is 58.1 Å². The molecular weight excluding hydrogens is 382 g/mol. The third kappa shape index (κ3) is 3.87. The molecule has 5 nitrogen and oxygen atoms in total. The van der Waals surface area contributed by atoms with Crippen LogP contribution in [0.4, 0.5) is 20.2 Å². The molecule has 2 aromatic carbocycles. The number of hydrogen-bond acceptors (Lipinski definition) is 5. The van der Waals surface area contributed by atoms with E-state index < -0.39 is 5.91 Å². The molecule has 0 bridgehead atoms. The van der Waals surface area contributed by atoms with Crippen LogP contribution in [0, 0.1) is 18.6 Å². The number of rotatable bonds is 4. The van der Waals surface area contributed by atoms with E-state index in [4.69, 9.17) is 0 Å². The zero-order chi connectivity index (χ0) is 19.7. The van der Waals surface area contributed by atoms with Crippen LogP contribution in [0.1, 0.15) is 32.4 Å². The van der Waals surface area contributed by atoms with Crippen molar-refractivity contribution in [2.75, 3.05) is 16.8 Å². The Labute approximate surface area is 165 Å². The monoisotopic (exact) mass is 400 g/mol. The highest BCUT2D eigenvalue weighted by Gasteiger charge is 2.23. The summed E-state index contributed by atoms with van der Waals surface area (Å²) in [5.41, 5.74) is 3.01. The van der Waals surface area contributed by atoms with Gasteiger partial charge in [0.15, 0.2) is 0 Å². The molecule has 0 saturated heterocycles. The highest BCUT2D eigenvalue weighted by Crippen LogP contribution is 2.32. The van der Waals surface area contributed by atoms with Crippen LogP contribution in [0.3, 0.4) is 0 Å². The zero-order valence-electron chi connectivity index (χ0n) is 15.2. The lowest BCUT2D eigenvalue weighted by Gasteiger charge is -2.31. The van der Waals surface area contributed by atoms with E-state index in [0.717, 1.165) is 30.5 Å². The van der Waals surface area contributed by atoms with E-state index >= 15 is 0 Å². The van der Waals surface area contributed by atoms with Gasteiger partial charge >= 0.3 is 0 Å². The third-order valence-electron chi connectivity index (χ3n) is 4.57. The SMILES string of the molecule is Cc1cc(F)c2c(c1)CCCN2Cc1nnc(C(=O)Nc2ccc(F)cc2)s1. The van der Waals surface area contributed by atoms with E-state index in [1.54, 1.807) is 6.07 Å². The smallest absolute Gasteiger partial charge is 0.286 e. The first-order valence-electron chi connectivity index (χ1n) is 8.93. The van der Waals surface area contributed by atoms with Crippen LogP contribution in [0.5, 0.6) is 0 Å². The van der Waals surface area contributed by atoms with Gasteiger partial charge in [-0.2, -0.15) is 0 Å². The van der Waals surface area contributed by atoms with Gasteiger partial charge in [0, 0.05) is 12.2 Å². The summed E-state index contributed by atoms with van der Waals surface area (Å²) in [7, 11) is 0. The van der Waals surface area contributed by atoms with Crippen LogP contribution in [0.25, 0.3) is 0 Å². The summed E-state index contributed by atoms with van der Waals surface area (Å²) in [5, 5.41) is 11.5. The molecule has 144 valence electrons. The van der Waals surface area contributed by atoms with Gasteiger partial charge < -0.3 is 10.2 Å². The fraction of sp³-hybridized carbons (Fsp3) is 0.250. The van der Waals surface area contributed by atoms with Gasteiger partial charge in [-0.1, -0.05) is 17.4 Å². The van der Waals surface area contributed by atoms with E-state index in [9.17, 15) is 13.6 Å². The largest absolute Gasteiger partial charge is 0.362 e. The molecule has 1 aliphatic rings. The second kappa shape index (κ2) is 7.63. The van der Waals surface area contributed by atoms with Crippen molar-refractivity contribution < 1.29 is 13.6 Å². The van der Waals surface area contributed by atoms with Crippen molar-refractivity contribution in [3.63, 3.8) is 0 Å². The molecule has 0 fully saturated rings. The summed E-state index contributed by atoms with van der Waals surface area (Å²) >= 11 is 1.17. The van der Waals surface area contributed by atoms with E-state index in [1.165, 1.54) is 35.6 Å². The first kappa shape index (κ1) is 18.5. The Balaban J connectivity index is 1.49. The van der Waals surface area contributed by atoms with Crippen molar-refractivity contribution >= 4 is 28.6 Å². The van der Waals surface area contributed by atoms with Crippen LogP contribution < -0.4 is 10.2 Å². The molecule has 0 radical (unpaired) electrons. The zero-order valence-corrected chi connectivity index (χ0v) is 16.0. The number of aromatic nitrogens is 2. The number of nitrogens with zero attached hydrogens (tertiary/aromatic N) is 3. The number of anilines is 2. The summed E-state index contributed by atoms with van der Waals surface area (Å²) < 4.78 is 27.5. The highest BCUT2D eigenvalue weighted by atomic mass is 32.1. The molecule has 1 aromatic heterocycles. The number of amides is 1. The molecule has 1 N–H and O–H groups in total. The quantitative estimate of drug-likeness (QED) is 0.708. The van der Waals surface area contributed by atoms with Crippen molar-refractivity contribution in [3.8, 4) is 0 Å². The minimum atomic E-state index is -0.406. The second-order valence-corrected chi connectivity index (χ2v) is 7.80. The fourth-order valence-corrected chi connectivity index (χ4v) is 4.12. The molecule has 0 spiro atoms. The maximum absolute atomic E-state index is 14.5. The predicted molar refractivity (Wildman–Crippen MR) is 105 cm³/mol. The lowest BCUT2D eigenvalue weighted by atomic mass is 9.99. The van der Waals surface area contributed by atoms with Crippen molar-refractivity contribution in [3.05, 3.63) is 69.2 Å². The van der Waals surface area contributed by atoms with Gasteiger partial charge in [0.1, 0.15) is 16.6 Å². The van der Waals surface area contributed by atoms with Gasteiger partial charge in [-0.15, -0.1) is 10.2 Å². The molecular formula is C20H18F2N4OS. The molecule has 0 unspecified atom stereocenters. The molecule has 1 aliphatic heterocycles. The Morgan fingerprint density at radius 3 is 2.79 bits per heavy atom. The van der Waals surface area contributed by atoms with Crippen molar-refractivity contribution in [2.45, 2.75) is 26.3 Å². The lowest BCUT2D eigenvalue weighted by molar-refractivity contribution is 0.102. The second-order valence-electron chi connectivity index (χ2n) is 6.74. The summed E-state index contributed by atoms with van der Waals surface area (Å²) in [6.45, 7) is 3.01. The number of aryl methyl sites for hydroxylation is 2. The first-order valence-corrected chi connectivity index (χ1v) is 9.74. The molecule has 8 heteroatoms. The average Bonchev–Trinajstić information content (AvgIpc) is 3.12. The molecule has 1 amide bonds. The lowest BCUT2D eigenvalue weighted by Crippen LogP contribution is -2.30. The summed E-state index contributed by atoms with van der Waals surface area (Å²) in [6.07, 6.45) is 1.79. The van der Waals surface area contributed by atoms with Crippen molar-refractivity contribution in [1.82, 2.24) is 10.2 Å². The van der Waals surface area contributed by atoms with Gasteiger partial charge in [-0.05, 0) is 61.2 Å². The van der Waals surface area contributed by atoms with E-state index in [2.05, 4.69) is 15.5 Å². The molecule has 0 saturated carbocycles. The first-order chi connectivity index (χ1) is 13.5. The van der Waals surface area contributed by atoms with Crippen LogP contribution in [0.15, 0.2) is 36.4 Å². The summed E-state index contributed by atoms with van der Waals surface area (Å²) in [6, 6.07) is 9.05. The van der Waals surface area contributed by atoms with Gasteiger partial charge in [-0.3, -0.25) is 4.79 Å². The fourth-order valence-electron chi connectivity index (χ4n) is 3.37. The van der Waals surface area contributed by atoms with Crippen molar-refractivity contribution in [1.29, 1.82) is 0 Å². The van der Waals surface area contributed by atoms with Crippen LogP contribution >= 0.6 is 11.3 Å². The standard InChI is InChI=1S/C20H18F2N4OS/c1-12-9-13-3-2-8-26(18(13)16(22)10-12)11-17-24-25-20(28-17)19(27)23-15-6-4-14(21)5-7-15/h4-7,9-10H,2-3,8,11H2,1H3,(H,23,27). The number of carbonyl (C=O) groups is 1. The number of fused-ring (bicyclic) bond motifs is 1. The van der Waals surface area contributed by atoms with Crippen molar-refractivity contribution in [2.24, 2.45) is 0 Å². The Morgan fingerprint density at radius 1 is 1.21 bits per heavy atom. The number of hydrogen-bond donors (Lipinski definition) is 1. The number of benzene rings is 2. The minimum absolute atomic E-state index is 0.209. The van der Waals surface area contributed by atoms with Gasteiger partial charge in [0.25, 0.3) is 5.91 Å². The minimum Gasteiger partial charge on any atom is -0.362 e. The Bertz CT molecular complexity index is 1020. The van der Waals surface area contributed by atoms with Gasteiger partial charge in [-0.25, -0.2) is 8.78 Å². The molecule has 0 aliphatic carbocycles. The molecule has 3 aromatic rings. The van der Waals surface area contributed by atoms with E-state index in [-0.39, 0.29) is 16.6 Å². The number of carbonyl (C=O) groups excluding carboxylic acids is 1. The van der Waals surface area contributed by atoms with E-state index in [0.29, 0.717) is 22.9 Å². The summed E-state index contributed by atoms with van der Waals surface area (Å²) in [5.74, 6) is -1.01. The summed E-state index contributed by atoms with van der Waals surface area (Å²) in [4.78, 5) is 14.3. The van der Waals surface area contributed by atoms with Gasteiger partial charge in [0.2, 0.25) is 5.01 Å².